The van der Waals surface area contributed by atoms with Crippen LogP contribution in [0.2, 0.25) is 0 Å². The third-order valence-electron chi connectivity index (χ3n) is 3.75. The summed E-state index contributed by atoms with van der Waals surface area (Å²) in [6, 6.07) is 9.93. The molecular formula is C14H13N3O2. The number of hydroxylamine groups is 3. The van der Waals surface area contributed by atoms with Crippen LogP contribution < -0.4 is 4.90 Å². The number of anilines is 1. The van der Waals surface area contributed by atoms with Crippen LogP contribution in [0.1, 0.15) is 6.92 Å². The lowest BCUT2D eigenvalue weighted by Crippen LogP contribution is -2.51. The van der Waals surface area contributed by atoms with Gasteiger partial charge in [-0.3, -0.25) is 0 Å². The maximum Gasteiger partial charge on any atom is 0.368 e. The van der Waals surface area contributed by atoms with Crippen LogP contribution in [0.3, 0.4) is 0 Å². The minimum Gasteiger partial charge on any atom is -0.418 e. The second-order valence-electron chi connectivity index (χ2n) is 4.85. The summed E-state index contributed by atoms with van der Waals surface area (Å²) in [5, 5.41) is 0. The van der Waals surface area contributed by atoms with Crippen LogP contribution >= 0.6 is 0 Å². The van der Waals surface area contributed by atoms with Crippen LogP contribution in [0.5, 0.6) is 0 Å². The number of benzene rings is 1. The summed E-state index contributed by atoms with van der Waals surface area (Å²) in [6.07, 6.45) is 4.47. The summed E-state index contributed by atoms with van der Waals surface area (Å²) in [4.78, 5) is 22.1. The molecule has 4 rings (SSSR count). The van der Waals surface area contributed by atoms with E-state index < -0.39 is 0 Å². The van der Waals surface area contributed by atoms with Crippen molar-refractivity contribution in [2.24, 2.45) is 0 Å². The van der Waals surface area contributed by atoms with Gasteiger partial charge in [0.25, 0.3) is 0 Å². The van der Waals surface area contributed by atoms with Crippen LogP contribution in [0, 0.1) is 6.29 Å². The summed E-state index contributed by atoms with van der Waals surface area (Å²) >= 11 is 0. The molecule has 0 N–H and O–H groups in total. The fourth-order valence-corrected chi connectivity index (χ4v) is 2.85. The van der Waals surface area contributed by atoms with Gasteiger partial charge < -0.3 is 14.6 Å². The van der Waals surface area contributed by atoms with Gasteiger partial charge in [-0.1, -0.05) is 18.2 Å². The Morgan fingerprint density at radius 1 is 1.26 bits per heavy atom. The van der Waals surface area contributed by atoms with E-state index in [1.165, 1.54) is 0 Å². The van der Waals surface area contributed by atoms with E-state index in [0.717, 1.165) is 12.0 Å². The van der Waals surface area contributed by atoms with Crippen molar-refractivity contribution >= 4 is 11.6 Å². The Bertz CT molecular complexity index is 637. The lowest BCUT2D eigenvalue weighted by atomic mass is 10.2. The zero-order valence-corrected chi connectivity index (χ0v) is 10.7. The Morgan fingerprint density at radius 2 is 2.00 bits per heavy atom. The smallest absolute Gasteiger partial charge is 0.368 e. The molecule has 2 bridgehead atoms. The number of quaternary nitrogens is 1. The molecule has 19 heavy (non-hydrogen) atoms. The molecule has 3 aliphatic rings. The van der Waals surface area contributed by atoms with Gasteiger partial charge in [0.1, 0.15) is 18.1 Å². The number of carbonyl (C=O) groups is 1. The quantitative estimate of drug-likeness (QED) is 0.566. The van der Waals surface area contributed by atoms with Crippen LogP contribution in [0.15, 0.2) is 54.2 Å². The molecule has 3 aliphatic heterocycles. The largest absolute Gasteiger partial charge is 0.418 e. The van der Waals surface area contributed by atoms with E-state index in [2.05, 4.69) is 0 Å². The first kappa shape index (κ1) is 10.6. The highest BCUT2D eigenvalue weighted by atomic mass is 16.8. The maximum atomic E-state index is 12.4. The number of amides is 1. The van der Waals surface area contributed by atoms with Gasteiger partial charge in [-0.05, 0) is 26.1 Å². The van der Waals surface area contributed by atoms with Crippen molar-refractivity contribution in [3.05, 3.63) is 60.5 Å². The molecule has 5 nitrogen and oxygen atoms in total. The van der Waals surface area contributed by atoms with Crippen molar-refractivity contribution in [1.29, 1.82) is 0 Å². The molecule has 1 aromatic rings. The zero-order chi connectivity index (χ0) is 13.2. The highest BCUT2D eigenvalue weighted by molar-refractivity contribution is 5.91. The molecule has 3 heterocycles. The van der Waals surface area contributed by atoms with Crippen molar-refractivity contribution in [1.82, 2.24) is 4.90 Å². The molecular weight excluding hydrogens is 242 g/mol. The Labute approximate surface area is 111 Å². The van der Waals surface area contributed by atoms with Crippen LogP contribution in [-0.2, 0) is 9.63 Å². The minimum atomic E-state index is -0.174. The molecule has 1 saturated heterocycles. The van der Waals surface area contributed by atoms with E-state index in [1.54, 1.807) is 13.1 Å². The monoisotopic (exact) mass is 255 g/mol. The van der Waals surface area contributed by atoms with Gasteiger partial charge in [0.15, 0.2) is 0 Å². The molecule has 0 aromatic heterocycles. The van der Waals surface area contributed by atoms with Gasteiger partial charge in [0.05, 0.1) is 0 Å². The summed E-state index contributed by atoms with van der Waals surface area (Å²) in [7, 11) is 1.92. The molecule has 96 valence electrons. The molecule has 1 unspecified atom stereocenters. The predicted octanol–water partition coefficient (Wildman–Crippen LogP) is 1.89. The predicted molar refractivity (Wildman–Crippen MR) is 68.1 cm³/mol. The van der Waals surface area contributed by atoms with Gasteiger partial charge in [-0.2, -0.15) is 0 Å². The van der Waals surface area contributed by atoms with E-state index >= 15 is 0 Å². The first-order chi connectivity index (χ1) is 9.15. The van der Waals surface area contributed by atoms with Crippen molar-refractivity contribution in [2.45, 2.75) is 6.92 Å². The lowest BCUT2D eigenvalue weighted by molar-refractivity contribution is -0.962. The van der Waals surface area contributed by atoms with Crippen molar-refractivity contribution < 1.29 is 14.3 Å². The fraction of sp³-hybridized carbons (Fsp3) is 0.143. The molecule has 5 heteroatoms. The molecule has 1 fully saturated rings. The normalized spacial score (nSPS) is 28.4. The van der Waals surface area contributed by atoms with Gasteiger partial charge in [0, 0.05) is 11.9 Å². The first-order valence-corrected chi connectivity index (χ1v) is 6.14. The average Bonchev–Trinajstić information content (AvgIpc) is 3.03. The molecule has 1 aromatic carbocycles. The molecule has 1 amide bonds. The van der Waals surface area contributed by atoms with Crippen molar-refractivity contribution in [3.8, 4) is 0 Å². The SMILES string of the molecule is CC1=C2O[N+]3(C=CN(c4ccccc4)[C-]3N2C)C1=O. The Morgan fingerprint density at radius 3 is 2.74 bits per heavy atom. The van der Waals surface area contributed by atoms with E-state index in [4.69, 9.17) is 4.84 Å². The molecule has 0 radical (unpaired) electrons. The van der Waals surface area contributed by atoms with Crippen LogP contribution in [-0.4, -0.2) is 22.5 Å². The number of hydrogen-bond acceptors (Lipinski definition) is 4. The highest BCUT2D eigenvalue weighted by Gasteiger charge is 2.59. The minimum absolute atomic E-state index is 0.0159. The number of fused-ring (bicyclic) bond motifs is 1. The third-order valence-corrected chi connectivity index (χ3v) is 3.75. The summed E-state index contributed by atoms with van der Waals surface area (Å²) in [5.74, 6) is 0.628. The van der Waals surface area contributed by atoms with Gasteiger partial charge in [-0.15, -0.1) is 4.65 Å². The molecule has 0 aliphatic carbocycles. The van der Waals surface area contributed by atoms with Crippen LogP contribution in [0.25, 0.3) is 0 Å². The number of nitrogens with zero attached hydrogens (tertiary/aromatic N) is 3. The van der Waals surface area contributed by atoms with E-state index in [9.17, 15) is 4.79 Å². The van der Waals surface area contributed by atoms with Crippen molar-refractivity contribution in [3.63, 3.8) is 0 Å². The first-order valence-electron chi connectivity index (χ1n) is 6.14. The van der Waals surface area contributed by atoms with E-state index in [0.29, 0.717) is 11.5 Å². The fourth-order valence-electron chi connectivity index (χ4n) is 2.85. The second kappa shape index (κ2) is 3.19. The molecule has 1 atom stereocenters. The zero-order valence-electron chi connectivity index (χ0n) is 10.7. The standard InChI is InChI=1S/C14H13N3O2/c1-10-12-15(2)14-16(11-6-4-3-5-7-11)8-9-17(14,19-12)13(10)18/h3-9H,1-2H3. The van der Waals surface area contributed by atoms with Gasteiger partial charge >= 0.3 is 5.91 Å². The number of rotatable bonds is 1. The lowest BCUT2D eigenvalue weighted by Gasteiger charge is -2.43. The summed E-state index contributed by atoms with van der Waals surface area (Å²) < 4.78 is -0.174. The number of para-hydroxylation sites is 1. The highest BCUT2D eigenvalue weighted by Crippen LogP contribution is 2.51. The summed E-state index contributed by atoms with van der Waals surface area (Å²) in [5.41, 5.74) is 1.68. The maximum absolute atomic E-state index is 12.4. The van der Waals surface area contributed by atoms with Crippen molar-refractivity contribution in [2.75, 3.05) is 11.9 Å². The Hall–Kier alpha value is -2.27. The average molecular weight is 255 g/mol. The van der Waals surface area contributed by atoms with E-state index in [1.807, 2.05) is 53.4 Å². The Kier molecular flexibility index (Phi) is 1.78. The van der Waals surface area contributed by atoms with Gasteiger partial charge in [0.2, 0.25) is 5.88 Å². The van der Waals surface area contributed by atoms with E-state index in [-0.39, 0.29) is 10.6 Å². The third kappa shape index (κ3) is 1.07. The topological polar surface area (TPSA) is 32.8 Å². The molecule has 0 saturated carbocycles. The molecule has 1 spiro atoms. The summed E-state index contributed by atoms with van der Waals surface area (Å²) in [6.45, 7) is 1.80. The number of carbonyl (C=O) groups excluding carboxylic acids is 1. The number of hydrogen-bond donors (Lipinski definition) is 0. The Balaban J connectivity index is 1.83. The van der Waals surface area contributed by atoms with Gasteiger partial charge in [-0.25, -0.2) is 4.79 Å². The van der Waals surface area contributed by atoms with Crippen LogP contribution in [0.4, 0.5) is 5.69 Å². The second-order valence-corrected chi connectivity index (χ2v) is 4.85.